The molecule has 160 valence electrons. The number of hydrogen-bond acceptors (Lipinski definition) is 6. The zero-order valence-corrected chi connectivity index (χ0v) is 17.0. The van der Waals surface area contributed by atoms with Crippen molar-refractivity contribution < 1.29 is 19.1 Å². The van der Waals surface area contributed by atoms with Gasteiger partial charge >= 0.3 is 5.97 Å². The number of benzene rings is 1. The summed E-state index contributed by atoms with van der Waals surface area (Å²) >= 11 is 0. The lowest BCUT2D eigenvalue weighted by atomic mass is 10.1. The van der Waals surface area contributed by atoms with E-state index in [1.54, 1.807) is 4.90 Å². The van der Waals surface area contributed by atoms with E-state index in [0.29, 0.717) is 18.8 Å². The fourth-order valence-electron chi connectivity index (χ4n) is 3.27. The molecule has 0 saturated carbocycles. The topological polar surface area (TPSA) is 90.7 Å². The number of amides is 1. The van der Waals surface area contributed by atoms with E-state index in [0.717, 1.165) is 30.4 Å². The number of carbonyl (C=O) groups is 2. The van der Waals surface area contributed by atoms with Gasteiger partial charge in [0.2, 0.25) is 0 Å². The van der Waals surface area contributed by atoms with Crippen LogP contribution in [-0.2, 0) is 16.1 Å². The van der Waals surface area contributed by atoms with Crippen molar-refractivity contribution in [3.63, 3.8) is 0 Å². The lowest BCUT2D eigenvalue weighted by Gasteiger charge is -2.24. The summed E-state index contributed by atoms with van der Waals surface area (Å²) in [6.07, 6.45) is 5.37. The summed E-state index contributed by atoms with van der Waals surface area (Å²) in [5.41, 5.74) is -0.366. The van der Waals surface area contributed by atoms with E-state index >= 15 is 0 Å². The van der Waals surface area contributed by atoms with Crippen molar-refractivity contribution in [2.45, 2.75) is 38.6 Å². The van der Waals surface area contributed by atoms with Crippen molar-refractivity contribution in [3.8, 4) is 5.75 Å². The Morgan fingerprint density at radius 1 is 0.933 bits per heavy atom. The Morgan fingerprint density at radius 2 is 1.63 bits per heavy atom. The second-order valence-electron chi connectivity index (χ2n) is 7.17. The van der Waals surface area contributed by atoms with Crippen LogP contribution in [0.5, 0.6) is 5.75 Å². The van der Waals surface area contributed by atoms with Gasteiger partial charge in [0.05, 0.1) is 6.54 Å². The number of likely N-dealkylation sites (tertiary alicyclic amines) is 1. The molecule has 1 saturated heterocycles. The highest BCUT2D eigenvalue weighted by atomic mass is 16.5. The lowest BCUT2D eigenvalue weighted by Crippen LogP contribution is -2.37. The molecule has 2 heterocycles. The van der Waals surface area contributed by atoms with Crippen LogP contribution in [0.15, 0.2) is 47.3 Å². The molecular formula is C22H27N3O5. The fraction of sp³-hybridized carbons (Fsp3) is 0.455. The number of hydrogen-bond donors (Lipinski definition) is 0. The molecule has 0 aliphatic carbocycles. The maximum atomic E-state index is 12.4. The van der Waals surface area contributed by atoms with Gasteiger partial charge < -0.3 is 14.4 Å². The Balaban J connectivity index is 1.52. The van der Waals surface area contributed by atoms with Gasteiger partial charge in [-0.3, -0.25) is 9.59 Å². The normalized spacial score (nSPS) is 14.5. The predicted molar refractivity (Wildman–Crippen MR) is 110 cm³/mol. The van der Waals surface area contributed by atoms with Crippen molar-refractivity contribution in [1.82, 2.24) is 14.7 Å². The second-order valence-corrected chi connectivity index (χ2v) is 7.17. The van der Waals surface area contributed by atoms with Crippen molar-refractivity contribution in [2.24, 2.45) is 0 Å². The summed E-state index contributed by atoms with van der Waals surface area (Å²) in [5, 5.41) is 4.05. The first-order valence-corrected chi connectivity index (χ1v) is 10.3. The van der Waals surface area contributed by atoms with Crippen LogP contribution < -0.4 is 10.3 Å². The molecule has 3 rings (SSSR count). The molecule has 1 aliphatic rings. The quantitative estimate of drug-likeness (QED) is 0.647. The largest absolute Gasteiger partial charge is 0.492 e. The average Bonchev–Trinajstić information content (AvgIpc) is 2.73. The Bertz CT molecular complexity index is 889. The average molecular weight is 413 g/mol. The van der Waals surface area contributed by atoms with Crippen LogP contribution in [0.1, 0.15) is 42.6 Å². The van der Waals surface area contributed by atoms with E-state index in [9.17, 15) is 14.4 Å². The van der Waals surface area contributed by atoms with Crippen molar-refractivity contribution in [3.05, 3.63) is 58.5 Å². The number of para-hydroxylation sites is 1. The molecule has 8 heteroatoms. The molecular weight excluding hydrogens is 386 g/mol. The maximum Gasteiger partial charge on any atom is 0.359 e. The van der Waals surface area contributed by atoms with Gasteiger partial charge in [0.25, 0.3) is 11.5 Å². The number of carbonyl (C=O) groups excluding carboxylic acids is 2. The Morgan fingerprint density at radius 3 is 2.37 bits per heavy atom. The zero-order valence-electron chi connectivity index (χ0n) is 17.0. The number of nitrogens with zero attached hydrogens (tertiary/aromatic N) is 3. The summed E-state index contributed by atoms with van der Waals surface area (Å²) in [6.45, 7) is 1.48. The van der Waals surface area contributed by atoms with Gasteiger partial charge in [0, 0.05) is 19.2 Å². The molecule has 0 unspecified atom stereocenters. The van der Waals surface area contributed by atoms with E-state index in [-0.39, 0.29) is 36.9 Å². The minimum absolute atomic E-state index is 0.0187. The molecule has 1 aromatic heterocycles. The summed E-state index contributed by atoms with van der Waals surface area (Å²) < 4.78 is 11.9. The molecule has 2 aromatic rings. The Labute approximate surface area is 175 Å². The standard InChI is InChI=1S/C22H27N3O5/c26-20-12-11-19(23-25(20)15-16-29-18-9-5-4-6-10-18)22(28)30-17-21(27)24-13-7-2-1-3-8-14-24/h4-6,9-12H,1-3,7-8,13-17H2. The molecule has 8 nitrogen and oxygen atoms in total. The first kappa shape index (κ1) is 21.5. The maximum absolute atomic E-state index is 12.4. The smallest absolute Gasteiger partial charge is 0.359 e. The van der Waals surface area contributed by atoms with E-state index < -0.39 is 5.97 Å². The second kappa shape index (κ2) is 11.1. The number of aromatic nitrogens is 2. The van der Waals surface area contributed by atoms with E-state index in [2.05, 4.69) is 5.10 Å². The third-order valence-corrected chi connectivity index (χ3v) is 4.93. The molecule has 30 heavy (non-hydrogen) atoms. The van der Waals surface area contributed by atoms with Gasteiger partial charge in [0.1, 0.15) is 12.4 Å². The predicted octanol–water partition coefficient (Wildman–Crippen LogP) is 2.27. The van der Waals surface area contributed by atoms with Crippen LogP contribution in [0.2, 0.25) is 0 Å². The molecule has 1 aromatic carbocycles. The van der Waals surface area contributed by atoms with Crippen molar-refractivity contribution in [2.75, 3.05) is 26.3 Å². The molecule has 1 aliphatic heterocycles. The molecule has 0 bridgehead atoms. The van der Waals surface area contributed by atoms with Crippen LogP contribution in [0.4, 0.5) is 0 Å². The third-order valence-electron chi connectivity index (χ3n) is 4.93. The zero-order chi connectivity index (χ0) is 21.2. The molecule has 0 radical (unpaired) electrons. The van der Waals surface area contributed by atoms with E-state index in [1.165, 1.54) is 18.6 Å². The molecule has 1 amide bonds. The Kier molecular flexibility index (Phi) is 8.00. The Hall–Kier alpha value is -3.16. The molecule has 0 spiro atoms. The third kappa shape index (κ3) is 6.43. The summed E-state index contributed by atoms with van der Waals surface area (Å²) in [5.74, 6) is -0.244. The lowest BCUT2D eigenvalue weighted by molar-refractivity contribution is -0.134. The first-order chi connectivity index (χ1) is 14.6. The minimum Gasteiger partial charge on any atom is -0.492 e. The van der Waals surface area contributed by atoms with E-state index in [1.807, 2.05) is 30.3 Å². The van der Waals surface area contributed by atoms with Gasteiger partial charge in [0.15, 0.2) is 12.3 Å². The first-order valence-electron chi connectivity index (χ1n) is 10.3. The highest BCUT2D eigenvalue weighted by molar-refractivity contribution is 5.89. The minimum atomic E-state index is -0.729. The SMILES string of the molecule is O=C(OCC(=O)N1CCCCCCC1)c1ccc(=O)n(CCOc2ccccc2)n1. The molecule has 0 atom stereocenters. The van der Waals surface area contributed by atoms with Crippen LogP contribution in [0.3, 0.4) is 0 Å². The highest BCUT2D eigenvalue weighted by Gasteiger charge is 2.18. The van der Waals surface area contributed by atoms with Gasteiger partial charge in [-0.1, -0.05) is 37.5 Å². The van der Waals surface area contributed by atoms with Gasteiger partial charge in [-0.2, -0.15) is 5.10 Å². The molecule has 0 N–H and O–H groups in total. The summed E-state index contributed by atoms with van der Waals surface area (Å²) in [6, 6.07) is 11.8. The monoisotopic (exact) mass is 413 g/mol. The number of ether oxygens (including phenoxy) is 2. The number of esters is 1. The van der Waals surface area contributed by atoms with Crippen LogP contribution in [0, 0.1) is 0 Å². The fourth-order valence-corrected chi connectivity index (χ4v) is 3.27. The van der Waals surface area contributed by atoms with Crippen LogP contribution in [0.25, 0.3) is 0 Å². The van der Waals surface area contributed by atoms with Crippen molar-refractivity contribution >= 4 is 11.9 Å². The summed E-state index contributed by atoms with van der Waals surface area (Å²) in [4.78, 5) is 38.4. The number of rotatable bonds is 7. The van der Waals surface area contributed by atoms with Gasteiger partial charge in [-0.15, -0.1) is 0 Å². The van der Waals surface area contributed by atoms with Crippen molar-refractivity contribution in [1.29, 1.82) is 0 Å². The van der Waals surface area contributed by atoms with Crippen LogP contribution in [-0.4, -0.2) is 52.9 Å². The van der Waals surface area contributed by atoms with E-state index in [4.69, 9.17) is 9.47 Å². The summed E-state index contributed by atoms with van der Waals surface area (Å²) in [7, 11) is 0. The van der Waals surface area contributed by atoms with Gasteiger partial charge in [-0.25, -0.2) is 9.48 Å². The molecule has 1 fully saturated rings. The highest BCUT2D eigenvalue weighted by Crippen LogP contribution is 2.11. The van der Waals surface area contributed by atoms with Crippen LogP contribution >= 0.6 is 0 Å². The van der Waals surface area contributed by atoms with Gasteiger partial charge in [-0.05, 0) is 31.0 Å².